The average Bonchev–Trinajstić information content (AvgIpc) is 1.85. The van der Waals surface area contributed by atoms with Gasteiger partial charge in [0.25, 0.3) is 0 Å². The Hall–Kier alpha value is -1.15. The third kappa shape index (κ3) is 5.00. The highest BCUT2D eigenvalue weighted by atomic mass is 16.1. The van der Waals surface area contributed by atoms with Crippen molar-refractivity contribution < 1.29 is 9.58 Å². The Labute approximate surface area is 59.9 Å². The first-order valence-electron chi connectivity index (χ1n) is 3.12. The van der Waals surface area contributed by atoms with E-state index in [0.717, 1.165) is 6.21 Å². The number of carbonyl (C=O) groups is 1. The van der Waals surface area contributed by atoms with Crippen LogP contribution in [0.2, 0.25) is 0 Å². The highest BCUT2D eigenvalue weighted by Crippen LogP contribution is 1.85. The fourth-order valence-corrected chi connectivity index (χ4v) is 0.403. The summed E-state index contributed by atoms with van der Waals surface area (Å²) in [5, 5.41) is 2.53. The predicted molar refractivity (Wildman–Crippen MR) is 37.5 cm³/mol. The lowest BCUT2D eigenvalue weighted by Gasteiger charge is -2.01. The van der Waals surface area contributed by atoms with Crippen molar-refractivity contribution in [2.75, 3.05) is 6.54 Å². The van der Waals surface area contributed by atoms with Gasteiger partial charge in [0.2, 0.25) is 0 Å². The smallest absolute Gasteiger partial charge is 0.344 e. The second-order valence-corrected chi connectivity index (χ2v) is 2.38. The molecule has 0 radical (unpaired) electrons. The van der Waals surface area contributed by atoms with Gasteiger partial charge in [-0.05, 0) is 5.92 Å². The van der Waals surface area contributed by atoms with E-state index in [4.69, 9.17) is 5.53 Å². The fraction of sp³-hybridized carbons (Fsp3) is 0.667. The average molecular weight is 141 g/mol. The number of hydrogen-bond acceptors (Lipinski definition) is 1. The van der Waals surface area contributed by atoms with E-state index in [1.54, 1.807) is 0 Å². The van der Waals surface area contributed by atoms with Crippen LogP contribution in [-0.2, 0) is 4.79 Å². The van der Waals surface area contributed by atoms with Gasteiger partial charge in [0.1, 0.15) is 0 Å². The highest BCUT2D eigenvalue weighted by molar-refractivity contribution is 6.23. The van der Waals surface area contributed by atoms with Gasteiger partial charge in [-0.2, -0.15) is 4.79 Å². The zero-order chi connectivity index (χ0) is 7.98. The largest absolute Gasteiger partial charge is 0.361 e. The third-order valence-electron chi connectivity index (χ3n) is 0.860. The van der Waals surface area contributed by atoms with Crippen LogP contribution < -0.4 is 5.32 Å². The summed E-state index contributed by atoms with van der Waals surface area (Å²) in [5.41, 5.74) is 7.91. The van der Waals surface area contributed by atoms with Crippen molar-refractivity contribution in [2.24, 2.45) is 5.92 Å². The van der Waals surface area contributed by atoms with Crippen molar-refractivity contribution in [3.63, 3.8) is 0 Å². The molecule has 0 fully saturated rings. The zero-order valence-electron chi connectivity index (χ0n) is 6.16. The van der Waals surface area contributed by atoms with Crippen molar-refractivity contribution in [2.45, 2.75) is 13.8 Å². The molecule has 0 aromatic rings. The minimum atomic E-state index is -0.365. The predicted octanol–water partition coefficient (Wildman–Crippen LogP) is 0.0592. The normalized spacial score (nSPS) is 8.70. The van der Waals surface area contributed by atoms with E-state index in [0.29, 0.717) is 12.5 Å². The molecule has 10 heavy (non-hydrogen) atoms. The fourth-order valence-electron chi connectivity index (χ4n) is 0.403. The lowest BCUT2D eigenvalue weighted by Crippen LogP contribution is -2.28. The summed E-state index contributed by atoms with van der Waals surface area (Å²) >= 11 is 0. The van der Waals surface area contributed by atoms with E-state index in [2.05, 4.69) is 10.1 Å². The summed E-state index contributed by atoms with van der Waals surface area (Å²) in [6.45, 7) is 4.57. The molecule has 0 atom stereocenters. The van der Waals surface area contributed by atoms with Crippen LogP contribution in [0.5, 0.6) is 0 Å². The van der Waals surface area contributed by atoms with Gasteiger partial charge in [-0.15, -0.1) is 0 Å². The van der Waals surface area contributed by atoms with Gasteiger partial charge in [-0.3, -0.25) is 4.79 Å². The minimum absolute atomic E-state index is 0.365. The van der Waals surface area contributed by atoms with Crippen LogP contribution in [0, 0.1) is 5.92 Å². The molecule has 0 aromatic heterocycles. The molecule has 4 nitrogen and oxygen atoms in total. The van der Waals surface area contributed by atoms with Crippen LogP contribution in [-0.4, -0.2) is 23.5 Å². The number of amides is 1. The van der Waals surface area contributed by atoms with Crippen molar-refractivity contribution in [1.29, 1.82) is 0 Å². The minimum Gasteiger partial charge on any atom is -0.361 e. The van der Waals surface area contributed by atoms with Crippen LogP contribution in [0.4, 0.5) is 0 Å². The van der Waals surface area contributed by atoms with Gasteiger partial charge in [-0.25, -0.2) is 0 Å². The summed E-state index contributed by atoms with van der Waals surface area (Å²) in [6.07, 6.45) is 0.836. The van der Waals surface area contributed by atoms with E-state index in [1.807, 2.05) is 13.8 Å². The molecule has 0 aliphatic heterocycles. The molecule has 0 aliphatic carbocycles. The van der Waals surface area contributed by atoms with Crippen LogP contribution in [0.25, 0.3) is 5.53 Å². The second-order valence-electron chi connectivity index (χ2n) is 2.38. The number of rotatable bonds is 3. The quantitative estimate of drug-likeness (QED) is 0.337. The Bertz CT molecular complexity index is 158. The third-order valence-corrected chi connectivity index (χ3v) is 0.860. The zero-order valence-corrected chi connectivity index (χ0v) is 6.16. The molecule has 1 N–H and O–H groups in total. The standard InChI is InChI=1S/C6H11N3O/c1-5(2)3-8-6(10)4-9-7/h4-5H,3H2,1-2H3,(H,8,10). The Morgan fingerprint density at radius 1 is 1.80 bits per heavy atom. The number of nitrogens with zero attached hydrogens (tertiary/aromatic N) is 2. The number of hydrogen-bond donors (Lipinski definition) is 1. The summed E-state index contributed by atoms with van der Waals surface area (Å²) in [6, 6.07) is 0. The molecule has 0 heterocycles. The lowest BCUT2D eigenvalue weighted by atomic mass is 10.2. The molecule has 0 aliphatic rings. The van der Waals surface area contributed by atoms with Crippen LogP contribution in [0.15, 0.2) is 0 Å². The topological polar surface area (TPSA) is 65.5 Å². The first-order chi connectivity index (χ1) is 4.66. The van der Waals surface area contributed by atoms with Crippen molar-refractivity contribution in [3.05, 3.63) is 5.53 Å². The van der Waals surface area contributed by atoms with Crippen LogP contribution in [0.3, 0.4) is 0 Å². The molecular weight excluding hydrogens is 130 g/mol. The summed E-state index contributed by atoms with van der Waals surface area (Å²) < 4.78 is 0. The molecule has 56 valence electrons. The maximum absolute atomic E-state index is 10.5. The van der Waals surface area contributed by atoms with Crippen molar-refractivity contribution in [3.8, 4) is 0 Å². The van der Waals surface area contributed by atoms with Crippen molar-refractivity contribution in [1.82, 2.24) is 5.32 Å². The van der Waals surface area contributed by atoms with Crippen LogP contribution in [0.1, 0.15) is 13.8 Å². The maximum atomic E-state index is 10.5. The van der Waals surface area contributed by atoms with E-state index < -0.39 is 0 Å². The molecule has 0 unspecified atom stereocenters. The summed E-state index contributed by atoms with van der Waals surface area (Å²) in [5.74, 6) is 0.0484. The van der Waals surface area contributed by atoms with E-state index in [9.17, 15) is 4.79 Å². The number of nitrogens with one attached hydrogen (secondary N) is 1. The van der Waals surface area contributed by atoms with Crippen molar-refractivity contribution >= 4 is 12.1 Å². The van der Waals surface area contributed by atoms with Gasteiger partial charge >= 0.3 is 12.1 Å². The first kappa shape index (κ1) is 8.85. The maximum Gasteiger partial charge on any atom is 0.344 e. The Kier molecular flexibility index (Phi) is 4.16. The molecule has 1 amide bonds. The highest BCUT2D eigenvalue weighted by Gasteiger charge is 2.00. The number of carbonyl (C=O) groups excluding carboxylic acids is 1. The Morgan fingerprint density at radius 3 is 2.80 bits per heavy atom. The van der Waals surface area contributed by atoms with Gasteiger partial charge in [0.15, 0.2) is 0 Å². The van der Waals surface area contributed by atoms with Gasteiger partial charge in [0.05, 0.1) is 0 Å². The van der Waals surface area contributed by atoms with E-state index >= 15 is 0 Å². The Morgan fingerprint density at radius 2 is 2.40 bits per heavy atom. The molecule has 0 saturated heterocycles. The van der Waals surface area contributed by atoms with Gasteiger partial charge in [0, 0.05) is 6.54 Å². The monoisotopic (exact) mass is 141 g/mol. The molecule has 0 spiro atoms. The Balaban J connectivity index is 3.50. The molecule has 0 rings (SSSR count). The molecule has 0 aromatic carbocycles. The van der Waals surface area contributed by atoms with Gasteiger partial charge < -0.3 is 10.8 Å². The second kappa shape index (κ2) is 4.70. The summed E-state index contributed by atoms with van der Waals surface area (Å²) in [7, 11) is 0. The first-order valence-corrected chi connectivity index (χ1v) is 3.12. The summed E-state index contributed by atoms with van der Waals surface area (Å²) in [4.78, 5) is 13.1. The van der Waals surface area contributed by atoms with E-state index in [-0.39, 0.29) is 5.91 Å². The lowest BCUT2D eigenvalue weighted by molar-refractivity contribution is -0.118. The van der Waals surface area contributed by atoms with E-state index in [1.165, 1.54) is 0 Å². The van der Waals surface area contributed by atoms with Gasteiger partial charge in [-0.1, -0.05) is 13.8 Å². The molecule has 0 saturated carbocycles. The molecule has 0 bridgehead atoms. The SMILES string of the molecule is CC(C)CNC(=O)C=[N+]=[N-]. The molecular formula is C6H11N3O. The molecule has 4 heteroatoms. The van der Waals surface area contributed by atoms with Crippen LogP contribution >= 0.6 is 0 Å².